The van der Waals surface area contributed by atoms with E-state index < -0.39 is 0 Å². The van der Waals surface area contributed by atoms with Gasteiger partial charge in [-0.15, -0.1) is 0 Å². The fourth-order valence-electron chi connectivity index (χ4n) is 3.11. The number of aliphatic hydroxyl groups is 1. The summed E-state index contributed by atoms with van der Waals surface area (Å²) in [5, 5.41) is 10.4. The quantitative estimate of drug-likeness (QED) is 0.869. The van der Waals surface area contributed by atoms with Crippen molar-refractivity contribution in [3.05, 3.63) is 18.7 Å². The first-order valence-electron chi connectivity index (χ1n) is 7.34. The first kappa shape index (κ1) is 13.6. The van der Waals surface area contributed by atoms with Crippen LogP contribution in [0.15, 0.2) is 18.7 Å². The van der Waals surface area contributed by atoms with E-state index in [1.807, 2.05) is 12.5 Å². The van der Waals surface area contributed by atoms with Gasteiger partial charge in [-0.25, -0.2) is 4.98 Å². The average molecular weight is 250 g/mol. The van der Waals surface area contributed by atoms with Crippen molar-refractivity contribution < 1.29 is 5.11 Å². The van der Waals surface area contributed by atoms with Gasteiger partial charge in [0.2, 0.25) is 0 Å². The fourth-order valence-corrected chi connectivity index (χ4v) is 3.11. The van der Waals surface area contributed by atoms with Crippen molar-refractivity contribution in [1.29, 1.82) is 0 Å². The first-order chi connectivity index (χ1) is 8.68. The molecule has 0 spiro atoms. The summed E-state index contributed by atoms with van der Waals surface area (Å²) in [6.45, 7) is 4.19. The number of hydrogen-bond acceptors (Lipinski definition) is 2. The molecule has 0 saturated heterocycles. The van der Waals surface area contributed by atoms with Crippen molar-refractivity contribution >= 4 is 0 Å². The molecule has 1 aliphatic carbocycles. The second kappa shape index (κ2) is 6.37. The molecule has 0 aliphatic heterocycles. The first-order valence-corrected chi connectivity index (χ1v) is 7.34. The summed E-state index contributed by atoms with van der Waals surface area (Å²) >= 11 is 0. The minimum Gasteiger partial charge on any atom is -0.391 e. The third kappa shape index (κ3) is 3.35. The summed E-state index contributed by atoms with van der Waals surface area (Å²) < 4.78 is 2.10. The molecule has 0 bridgehead atoms. The highest BCUT2D eigenvalue weighted by molar-refractivity contribution is 4.87. The predicted molar refractivity (Wildman–Crippen MR) is 73.3 cm³/mol. The minimum absolute atomic E-state index is 0.190. The number of aromatic nitrogens is 2. The Morgan fingerprint density at radius 3 is 2.56 bits per heavy atom. The highest BCUT2D eigenvalue weighted by Gasteiger charge is 2.27. The number of hydrogen-bond donors (Lipinski definition) is 1. The molecule has 1 aromatic heterocycles. The molecule has 0 amide bonds. The Morgan fingerprint density at radius 2 is 2.00 bits per heavy atom. The van der Waals surface area contributed by atoms with E-state index in [0.717, 1.165) is 12.3 Å². The van der Waals surface area contributed by atoms with Crippen LogP contribution in [0.3, 0.4) is 0 Å². The summed E-state index contributed by atoms with van der Waals surface area (Å²) in [7, 11) is 0. The zero-order valence-electron chi connectivity index (χ0n) is 11.6. The van der Waals surface area contributed by atoms with Crippen molar-refractivity contribution in [3.8, 4) is 0 Å². The van der Waals surface area contributed by atoms with Gasteiger partial charge in [0.05, 0.1) is 18.5 Å². The van der Waals surface area contributed by atoms with Gasteiger partial charge in [0.1, 0.15) is 0 Å². The van der Waals surface area contributed by atoms with E-state index in [1.54, 1.807) is 6.20 Å². The molecular weight excluding hydrogens is 224 g/mol. The summed E-state index contributed by atoms with van der Waals surface area (Å²) in [5.74, 6) is 1.07. The van der Waals surface area contributed by atoms with Crippen molar-refractivity contribution in [1.82, 2.24) is 9.55 Å². The fraction of sp³-hybridized carbons (Fsp3) is 0.800. The topological polar surface area (TPSA) is 38.0 Å². The van der Waals surface area contributed by atoms with Gasteiger partial charge in [0, 0.05) is 12.4 Å². The molecule has 102 valence electrons. The van der Waals surface area contributed by atoms with Gasteiger partial charge in [0.15, 0.2) is 0 Å². The van der Waals surface area contributed by atoms with Crippen LogP contribution in [0.2, 0.25) is 0 Å². The largest absolute Gasteiger partial charge is 0.391 e. The Labute approximate surface area is 110 Å². The zero-order chi connectivity index (χ0) is 13.0. The van der Waals surface area contributed by atoms with Crippen molar-refractivity contribution in [3.63, 3.8) is 0 Å². The van der Waals surface area contributed by atoms with E-state index in [4.69, 9.17) is 0 Å². The van der Waals surface area contributed by atoms with Crippen LogP contribution in [-0.2, 0) is 0 Å². The molecule has 1 fully saturated rings. The highest BCUT2D eigenvalue weighted by Crippen LogP contribution is 2.33. The Kier molecular flexibility index (Phi) is 4.81. The Hall–Kier alpha value is -0.830. The van der Waals surface area contributed by atoms with E-state index in [0.29, 0.717) is 5.92 Å². The molecule has 1 aromatic rings. The smallest absolute Gasteiger partial charge is 0.0949 e. The Bertz CT molecular complexity index is 328. The van der Waals surface area contributed by atoms with Gasteiger partial charge in [-0.2, -0.15) is 0 Å². The lowest BCUT2D eigenvalue weighted by molar-refractivity contribution is 0.0541. The molecule has 1 heterocycles. The van der Waals surface area contributed by atoms with Crippen LogP contribution in [0.4, 0.5) is 0 Å². The summed E-state index contributed by atoms with van der Waals surface area (Å²) in [4.78, 5) is 4.13. The van der Waals surface area contributed by atoms with Gasteiger partial charge in [-0.1, -0.05) is 46.0 Å². The molecule has 3 nitrogen and oxygen atoms in total. The number of nitrogens with zero attached hydrogens (tertiary/aromatic N) is 2. The zero-order valence-corrected chi connectivity index (χ0v) is 11.6. The van der Waals surface area contributed by atoms with Gasteiger partial charge >= 0.3 is 0 Å². The molecule has 0 radical (unpaired) electrons. The van der Waals surface area contributed by atoms with Crippen LogP contribution < -0.4 is 0 Å². The number of imidazole rings is 1. The van der Waals surface area contributed by atoms with E-state index in [2.05, 4.69) is 23.4 Å². The van der Waals surface area contributed by atoms with Crippen LogP contribution in [0.1, 0.15) is 58.4 Å². The van der Waals surface area contributed by atoms with E-state index in [-0.39, 0.29) is 12.1 Å². The maximum atomic E-state index is 10.4. The molecular formula is C15H26N2O. The SMILES string of the molecule is CC(C)C(O)C(CC1CCCCC1)n1ccnc1. The van der Waals surface area contributed by atoms with Crippen molar-refractivity contribution in [2.45, 2.75) is 64.5 Å². The summed E-state index contributed by atoms with van der Waals surface area (Å²) in [6.07, 6.45) is 13.2. The normalized spacial score (nSPS) is 21.1. The van der Waals surface area contributed by atoms with Crippen LogP contribution in [-0.4, -0.2) is 20.8 Å². The Balaban J connectivity index is 2.04. The Morgan fingerprint density at radius 1 is 1.28 bits per heavy atom. The van der Waals surface area contributed by atoms with Crippen LogP contribution in [0.25, 0.3) is 0 Å². The lowest BCUT2D eigenvalue weighted by atomic mass is 9.82. The molecule has 1 aliphatic rings. The lowest BCUT2D eigenvalue weighted by Crippen LogP contribution is -2.30. The maximum Gasteiger partial charge on any atom is 0.0949 e. The molecule has 0 aromatic carbocycles. The average Bonchev–Trinajstić information content (AvgIpc) is 2.90. The minimum atomic E-state index is -0.277. The molecule has 1 saturated carbocycles. The molecule has 1 N–H and O–H groups in total. The van der Waals surface area contributed by atoms with Crippen molar-refractivity contribution in [2.75, 3.05) is 0 Å². The molecule has 18 heavy (non-hydrogen) atoms. The highest BCUT2D eigenvalue weighted by atomic mass is 16.3. The van der Waals surface area contributed by atoms with E-state index in [9.17, 15) is 5.11 Å². The van der Waals surface area contributed by atoms with Crippen LogP contribution in [0.5, 0.6) is 0 Å². The van der Waals surface area contributed by atoms with Gasteiger partial charge < -0.3 is 9.67 Å². The molecule has 2 atom stereocenters. The predicted octanol–water partition coefficient (Wildman–Crippen LogP) is 3.41. The second-order valence-corrected chi connectivity index (χ2v) is 6.05. The molecule has 3 heteroatoms. The second-order valence-electron chi connectivity index (χ2n) is 6.05. The van der Waals surface area contributed by atoms with Crippen LogP contribution >= 0.6 is 0 Å². The van der Waals surface area contributed by atoms with Gasteiger partial charge in [-0.05, 0) is 18.3 Å². The maximum absolute atomic E-state index is 10.4. The third-order valence-corrected chi connectivity index (χ3v) is 4.28. The van der Waals surface area contributed by atoms with E-state index >= 15 is 0 Å². The molecule has 2 unspecified atom stereocenters. The molecule has 2 rings (SSSR count). The van der Waals surface area contributed by atoms with Crippen molar-refractivity contribution in [2.24, 2.45) is 11.8 Å². The monoisotopic (exact) mass is 250 g/mol. The lowest BCUT2D eigenvalue weighted by Gasteiger charge is -2.32. The van der Waals surface area contributed by atoms with Crippen LogP contribution in [0, 0.1) is 11.8 Å². The summed E-state index contributed by atoms with van der Waals surface area (Å²) in [6, 6.07) is 0.190. The summed E-state index contributed by atoms with van der Waals surface area (Å²) in [5.41, 5.74) is 0. The standard InChI is InChI=1S/C15H26N2O/c1-12(2)15(18)14(17-9-8-16-11-17)10-13-6-4-3-5-7-13/h8-9,11-15,18H,3-7,10H2,1-2H3. The number of aliphatic hydroxyl groups excluding tert-OH is 1. The van der Waals surface area contributed by atoms with Gasteiger partial charge in [0.25, 0.3) is 0 Å². The third-order valence-electron chi connectivity index (χ3n) is 4.28. The van der Waals surface area contributed by atoms with Gasteiger partial charge in [-0.3, -0.25) is 0 Å². The van der Waals surface area contributed by atoms with E-state index in [1.165, 1.54) is 32.1 Å². The number of rotatable bonds is 5.